The number of anilines is 1. The van der Waals surface area contributed by atoms with Gasteiger partial charge in [0.1, 0.15) is 6.10 Å². The van der Waals surface area contributed by atoms with Crippen LogP contribution in [0.25, 0.3) is 0 Å². The molecule has 1 aliphatic heterocycles. The van der Waals surface area contributed by atoms with Gasteiger partial charge in [0.05, 0.1) is 24.4 Å². The van der Waals surface area contributed by atoms with E-state index in [0.29, 0.717) is 29.2 Å². The van der Waals surface area contributed by atoms with Crippen molar-refractivity contribution in [2.45, 2.75) is 20.0 Å². The third-order valence-corrected chi connectivity index (χ3v) is 4.68. The van der Waals surface area contributed by atoms with Crippen molar-refractivity contribution >= 4 is 27.7 Å². The number of hydrogen-bond donors (Lipinski definition) is 0. The summed E-state index contributed by atoms with van der Waals surface area (Å²) in [6.45, 7) is 4.17. The minimum atomic E-state index is -0.179. The molecule has 0 aliphatic carbocycles. The summed E-state index contributed by atoms with van der Waals surface area (Å²) in [6, 6.07) is 5.49. The number of aromatic nitrogens is 2. The van der Waals surface area contributed by atoms with Gasteiger partial charge in [0.25, 0.3) is 5.91 Å². The lowest BCUT2D eigenvalue weighted by Crippen LogP contribution is -2.43. The highest BCUT2D eigenvalue weighted by Crippen LogP contribution is 2.34. The molecule has 7 heteroatoms. The molecule has 6 nitrogen and oxygen atoms in total. The second-order valence-electron chi connectivity index (χ2n) is 5.54. The van der Waals surface area contributed by atoms with Crippen LogP contribution in [0.4, 0.5) is 5.82 Å². The number of benzene rings is 1. The van der Waals surface area contributed by atoms with E-state index in [0.717, 1.165) is 10.0 Å². The number of ether oxygens (including phenoxy) is 1. The molecule has 0 unspecified atom stereocenters. The first-order valence-electron chi connectivity index (χ1n) is 7.13. The summed E-state index contributed by atoms with van der Waals surface area (Å²) in [5.74, 6) is 1.04. The van der Waals surface area contributed by atoms with Crippen molar-refractivity contribution in [3.8, 4) is 11.8 Å². The first-order chi connectivity index (χ1) is 10.9. The molecule has 0 radical (unpaired) electrons. The van der Waals surface area contributed by atoms with E-state index in [1.807, 2.05) is 13.8 Å². The molecule has 3 rings (SSSR count). The third-order valence-electron chi connectivity index (χ3n) is 3.86. The van der Waals surface area contributed by atoms with Crippen LogP contribution in [-0.2, 0) is 7.05 Å². The molecular formula is C16H15BrN4O2. The molecule has 0 N–H and O–H groups in total. The van der Waals surface area contributed by atoms with Crippen molar-refractivity contribution in [2.24, 2.45) is 7.05 Å². The Morgan fingerprint density at radius 3 is 2.96 bits per heavy atom. The van der Waals surface area contributed by atoms with Crippen LogP contribution in [0.3, 0.4) is 0 Å². The van der Waals surface area contributed by atoms with Gasteiger partial charge >= 0.3 is 0 Å². The molecule has 0 fully saturated rings. The first-order valence-corrected chi connectivity index (χ1v) is 7.92. The molecule has 0 bridgehead atoms. The van der Waals surface area contributed by atoms with Crippen LogP contribution in [-0.4, -0.2) is 28.3 Å². The van der Waals surface area contributed by atoms with Gasteiger partial charge in [-0.1, -0.05) is 15.9 Å². The summed E-state index contributed by atoms with van der Waals surface area (Å²) in [5, 5.41) is 13.4. The van der Waals surface area contributed by atoms with Crippen molar-refractivity contribution in [3.63, 3.8) is 0 Å². The van der Waals surface area contributed by atoms with Crippen LogP contribution in [0, 0.1) is 18.3 Å². The van der Waals surface area contributed by atoms with Crippen LogP contribution in [0.1, 0.15) is 28.4 Å². The Labute approximate surface area is 142 Å². The fourth-order valence-corrected chi connectivity index (χ4v) is 3.11. The lowest BCUT2D eigenvalue weighted by Gasteiger charge is -2.31. The SMILES string of the molecule is Cc1c(Br)cc(C(=O)N2C[C@@H](C)Oc3cnn(C)c32)cc1C#N. The van der Waals surface area contributed by atoms with E-state index in [4.69, 9.17) is 4.74 Å². The van der Waals surface area contributed by atoms with Gasteiger partial charge in [0.15, 0.2) is 11.6 Å². The van der Waals surface area contributed by atoms with Crippen molar-refractivity contribution in [2.75, 3.05) is 11.4 Å². The average molecular weight is 375 g/mol. The number of carbonyl (C=O) groups excluding carboxylic acids is 1. The maximum absolute atomic E-state index is 13.0. The summed E-state index contributed by atoms with van der Waals surface area (Å²) in [6.07, 6.45) is 1.48. The summed E-state index contributed by atoms with van der Waals surface area (Å²) in [5.41, 5.74) is 1.76. The van der Waals surface area contributed by atoms with E-state index in [9.17, 15) is 10.1 Å². The number of rotatable bonds is 1. The number of halogens is 1. The number of carbonyl (C=O) groups is 1. The fraction of sp³-hybridized carbons (Fsp3) is 0.312. The predicted octanol–water partition coefficient (Wildman–Crippen LogP) is 2.79. The van der Waals surface area contributed by atoms with Crippen molar-refractivity contribution in [1.82, 2.24) is 9.78 Å². The predicted molar refractivity (Wildman–Crippen MR) is 88.6 cm³/mol. The number of amides is 1. The maximum Gasteiger partial charge on any atom is 0.259 e. The maximum atomic E-state index is 13.0. The molecule has 0 spiro atoms. The summed E-state index contributed by atoms with van der Waals surface area (Å²) in [4.78, 5) is 14.6. The van der Waals surface area contributed by atoms with Gasteiger partial charge < -0.3 is 4.74 Å². The van der Waals surface area contributed by atoms with Gasteiger partial charge in [0.2, 0.25) is 0 Å². The van der Waals surface area contributed by atoms with Crippen molar-refractivity contribution in [1.29, 1.82) is 5.26 Å². The normalized spacial score (nSPS) is 16.5. The van der Waals surface area contributed by atoms with E-state index >= 15 is 0 Å². The molecule has 1 aliphatic rings. The number of hydrogen-bond acceptors (Lipinski definition) is 4. The molecular weight excluding hydrogens is 360 g/mol. The molecule has 118 valence electrons. The highest BCUT2D eigenvalue weighted by atomic mass is 79.9. The van der Waals surface area contributed by atoms with Crippen LogP contribution >= 0.6 is 15.9 Å². The Bertz CT molecular complexity index is 837. The topological polar surface area (TPSA) is 71.2 Å². The van der Waals surface area contributed by atoms with Gasteiger partial charge in [0, 0.05) is 17.1 Å². The van der Waals surface area contributed by atoms with Gasteiger partial charge in [-0.05, 0) is 31.5 Å². The molecule has 23 heavy (non-hydrogen) atoms. The molecule has 1 amide bonds. The zero-order chi connectivity index (χ0) is 16.7. The molecule has 2 aromatic rings. The number of aryl methyl sites for hydroxylation is 1. The number of nitrogens with zero attached hydrogens (tertiary/aromatic N) is 4. The van der Waals surface area contributed by atoms with Gasteiger partial charge in [-0.15, -0.1) is 0 Å². The van der Waals surface area contributed by atoms with Crippen LogP contribution in [0.2, 0.25) is 0 Å². The van der Waals surface area contributed by atoms with E-state index < -0.39 is 0 Å². The first kappa shape index (κ1) is 15.6. The second-order valence-corrected chi connectivity index (χ2v) is 6.40. The Hall–Kier alpha value is -2.33. The molecule has 0 saturated carbocycles. The molecule has 1 aromatic heterocycles. The number of fused-ring (bicyclic) bond motifs is 1. The highest BCUT2D eigenvalue weighted by Gasteiger charge is 2.32. The Morgan fingerprint density at radius 1 is 1.52 bits per heavy atom. The van der Waals surface area contributed by atoms with E-state index in [2.05, 4.69) is 27.1 Å². The Morgan fingerprint density at radius 2 is 2.26 bits per heavy atom. The summed E-state index contributed by atoms with van der Waals surface area (Å²) >= 11 is 3.42. The zero-order valence-electron chi connectivity index (χ0n) is 13.0. The number of nitriles is 1. The highest BCUT2D eigenvalue weighted by molar-refractivity contribution is 9.10. The smallest absolute Gasteiger partial charge is 0.259 e. The fourth-order valence-electron chi connectivity index (χ4n) is 2.65. The molecule has 2 heterocycles. The third kappa shape index (κ3) is 2.59. The van der Waals surface area contributed by atoms with E-state index in [-0.39, 0.29) is 12.0 Å². The molecule has 0 saturated heterocycles. The zero-order valence-corrected chi connectivity index (χ0v) is 14.6. The lowest BCUT2D eigenvalue weighted by atomic mass is 10.0. The summed E-state index contributed by atoms with van der Waals surface area (Å²) in [7, 11) is 1.77. The average Bonchev–Trinajstić information content (AvgIpc) is 2.89. The monoisotopic (exact) mass is 374 g/mol. The van der Waals surface area contributed by atoms with Crippen molar-refractivity contribution < 1.29 is 9.53 Å². The minimum Gasteiger partial charge on any atom is -0.483 e. The van der Waals surface area contributed by atoms with E-state index in [1.54, 1.807) is 35.0 Å². The standard InChI is InChI=1S/C16H15BrN4O2/c1-9-8-21(15-14(23-9)7-19-20(15)3)16(22)11-4-12(6-18)10(2)13(17)5-11/h4-5,7,9H,8H2,1-3H3/t9-/m1/s1. The van der Waals surface area contributed by atoms with Gasteiger partial charge in [-0.2, -0.15) is 10.4 Å². The Balaban J connectivity index is 2.06. The lowest BCUT2D eigenvalue weighted by molar-refractivity contribution is 0.0958. The van der Waals surface area contributed by atoms with Crippen molar-refractivity contribution in [3.05, 3.63) is 39.5 Å². The van der Waals surface area contributed by atoms with Gasteiger partial charge in [-0.25, -0.2) is 4.68 Å². The second kappa shape index (κ2) is 5.70. The van der Waals surface area contributed by atoms with Gasteiger partial charge in [-0.3, -0.25) is 9.69 Å². The van der Waals surface area contributed by atoms with Crippen LogP contribution in [0.15, 0.2) is 22.8 Å². The summed E-state index contributed by atoms with van der Waals surface area (Å²) < 4.78 is 8.08. The van der Waals surface area contributed by atoms with E-state index in [1.165, 1.54) is 0 Å². The molecule has 1 aromatic carbocycles. The Kier molecular flexibility index (Phi) is 3.86. The van der Waals surface area contributed by atoms with Crippen LogP contribution in [0.5, 0.6) is 5.75 Å². The largest absolute Gasteiger partial charge is 0.483 e. The van der Waals surface area contributed by atoms with Crippen LogP contribution < -0.4 is 9.64 Å². The molecule has 1 atom stereocenters. The quantitative estimate of drug-likeness (QED) is 0.769. The minimum absolute atomic E-state index is 0.125.